The number of hydrogen-bond acceptors (Lipinski definition) is 3. The quantitative estimate of drug-likeness (QED) is 0.565. The zero-order chi connectivity index (χ0) is 11.1. The van der Waals surface area contributed by atoms with E-state index in [2.05, 4.69) is 0 Å². The molecule has 0 amide bonds. The van der Waals surface area contributed by atoms with Crippen LogP contribution in [0.2, 0.25) is 0 Å². The lowest BCUT2D eigenvalue weighted by atomic mass is 10.2. The fraction of sp³-hybridized carbons (Fsp3) is 0.417. The molecule has 1 aliphatic heterocycles. The maximum absolute atomic E-state index is 10.9. The highest BCUT2D eigenvalue weighted by atomic mass is 16.5. The van der Waals surface area contributed by atoms with Crippen LogP contribution in [-0.2, 0) is 9.53 Å². The Morgan fingerprint density at radius 3 is 3.13 bits per heavy atom. The van der Waals surface area contributed by atoms with Gasteiger partial charge in [0.25, 0.3) is 0 Å². The average molecular weight is 208 g/mol. The number of hydrogen-bond donors (Lipinski definition) is 1. The minimum absolute atomic E-state index is 0.175. The van der Waals surface area contributed by atoms with Crippen molar-refractivity contribution >= 4 is 5.97 Å². The van der Waals surface area contributed by atoms with Crippen LogP contribution in [0.3, 0.4) is 0 Å². The van der Waals surface area contributed by atoms with Gasteiger partial charge in [-0.1, -0.05) is 31.2 Å². The van der Waals surface area contributed by atoms with Gasteiger partial charge in [-0.15, -0.1) is 0 Å². The predicted octanol–water partition coefficient (Wildman–Crippen LogP) is 1.74. The van der Waals surface area contributed by atoms with Crippen LogP contribution in [0.4, 0.5) is 0 Å². The van der Waals surface area contributed by atoms with Gasteiger partial charge in [-0.25, -0.2) is 4.79 Å². The molecule has 0 aromatic rings. The smallest absolute Gasteiger partial charge is 0.331 e. The third kappa shape index (κ3) is 4.61. The Balaban J connectivity index is 2.35. The van der Waals surface area contributed by atoms with E-state index >= 15 is 0 Å². The zero-order valence-electron chi connectivity index (χ0n) is 8.80. The summed E-state index contributed by atoms with van der Waals surface area (Å²) in [4.78, 5) is 10.9. The van der Waals surface area contributed by atoms with Crippen LogP contribution >= 0.6 is 0 Å². The highest BCUT2D eigenvalue weighted by Gasteiger charge is 2.11. The summed E-state index contributed by atoms with van der Waals surface area (Å²) in [7, 11) is 0. The largest absolute Gasteiger partial charge is 0.455 e. The van der Waals surface area contributed by atoms with Crippen molar-refractivity contribution in [3.8, 4) is 0 Å². The molecule has 15 heavy (non-hydrogen) atoms. The van der Waals surface area contributed by atoms with E-state index in [-0.39, 0.29) is 12.1 Å². The van der Waals surface area contributed by atoms with Gasteiger partial charge in [-0.3, -0.25) is 0 Å². The van der Waals surface area contributed by atoms with Crippen molar-refractivity contribution in [2.24, 2.45) is 0 Å². The van der Waals surface area contributed by atoms with Crippen LogP contribution in [0.1, 0.15) is 19.8 Å². The van der Waals surface area contributed by atoms with Crippen LogP contribution < -0.4 is 0 Å². The van der Waals surface area contributed by atoms with Gasteiger partial charge in [0.2, 0.25) is 0 Å². The third-order valence-electron chi connectivity index (χ3n) is 2.08. The van der Waals surface area contributed by atoms with Crippen molar-refractivity contribution in [3.63, 3.8) is 0 Å². The first kappa shape index (κ1) is 11.7. The molecule has 1 rings (SSSR count). The molecule has 82 valence electrons. The van der Waals surface area contributed by atoms with E-state index in [9.17, 15) is 9.90 Å². The molecule has 2 atom stereocenters. The molecule has 0 spiro atoms. The summed E-state index contributed by atoms with van der Waals surface area (Å²) in [5, 5.41) is 9.22. The SMILES string of the molecule is CCC(O)/C=C/C=C/C1CC=CC(=O)O1. The lowest BCUT2D eigenvalue weighted by Gasteiger charge is -2.14. The normalized spacial score (nSPS) is 23.6. The summed E-state index contributed by atoms with van der Waals surface area (Å²) >= 11 is 0. The Morgan fingerprint density at radius 2 is 2.47 bits per heavy atom. The van der Waals surface area contributed by atoms with Crippen LogP contribution in [0.15, 0.2) is 36.5 Å². The van der Waals surface area contributed by atoms with Gasteiger partial charge >= 0.3 is 5.97 Å². The molecule has 1 heterocycles. The highest BCUT2D eigenvalue weighted by molar-refractivity contribution is 5.82. The summed E-state index contributed by atoms with van der Waals surface area (Å²) in [6.45, 7) is 1.91. The number of cyclic esters (lactones) is 1. The van der Waals surface area contributed by atoms with E-state index in [4.69, 9.17) is 4.74 Å². The van der Waals surface area contributed by atoms with Crippen molar-refractivity contribution < 1.29 is 14.6 Å². The number of carbonyl (C=O) groups excluding carboxylic acids is 1. The average Bonchev–Trinajstić information content (AvgIpc) is 2.24. The second-order valence-electron chi connectivity index (χ2n) is 3.36. The maximum Gasteiger partial charge on any atom is 0.331 e. The lowest BCUT2D eigenvalue weighted by Crippen LogP contribution is -2.17. The molecule has 0 fully saturated rings. The molecule has 0 aromatic heterocycles. The predicted molar refractivity (Wildman–Crippen MR) is 58.2 cm³/mol. The second kappa shape index (κ2) is 6.19. The Hall–Kier alpha value is -1.35. The maximum atomic E-state index is 10.9. The van der Waals surface area contributed by atoms with Gasteiger partial charge in [0.1, 0.15) is 6.10 Å². The minimum Gasteiger partial charge on any atom is -0.455 e. The topological polar surface area (TPSA) is 46.5 Å². The van der Waals surface area contributed by atoms with E-state index in [1.165, 1.54) is 6.08 Å². The number of esters is 1. The highest BCUT2D eigenvalue weighted by Crippen LogP contribution is 2.08. The Kier molecular flexibility index (Phi) is 4.84. The fourth-order valence-electron chi connectivity index (χ4n) is 1.17. The molecule has 0 bridgehead atoms. The molecule has 0 aliphatic carbocycles. The van der Waals surface area contributed by atoms with Gasteiger partial charge < -0.3 is 9.84 Å². The molecule has 1 N–H and O–H groups in total. The fourth-order valence-corrected chi connectivity index (χ4v) is 1.17. The van der Waals surface area contributed by atoms with Crippen LogP contribution in [0, 0.1) is 0 Å². The Morgan fingerprint density at radius 1 is 1.67 bits per heavy atom. The summed E-state index contributed by atoms with van der Waals surface area (Å²) in [5.74, 6) is -0.298. The lowest BCUT2D eigenvalue weighted by molar-refractivity contribution is -0.141. The van der Waals surface area contributed by atoms with Crippen molar-refractivity contribution in [3.05, 3.63) is 36.5 Å². The third-order valence-corrected chi connectivity index (χ3v) is 2.08. The van der Waals surface area contributed by atoms with Crippen LogP contribution in [0.25, 0.3) is 0 Å². The second-order valence-corrected chi connectivity index (χ2v) is 3.36. The number of rotatable bonds is 4. The zero-order valence-corrected chi connectivity index (χ0v) is 8.80. The first-order chi connectivity index (χ1) is 7.22. The summed E-state index contributed by atoms with van der Waals surface area (Å²) < 4.78 is 5.01. The Bertz CT molecular complexity index is 289. The summed E-state index contributed by atoms with van der Waals surface area (Å²) in [5.41, 5.74) is 0. The van der Waals surface area contributed by atoms with Crippen molar-refractivity contribution in [2.45, 2.75) is 32.0 Å². The molecule has 1 aliphatic rings. The summed E-state index contributed by atoms with van der Waals surface area (Å²) in [6, 6.07) is 0. The van der Waals surface area contributed by atoms with Crippen molar-refractivity contribution in [1.29, 1.82) is 0 Å². The van der Waals surface area contributed by atoms with Crippen molar-refractivity contribution in [2.75, 3.05) is 0 Å². The number of aliphatic hydroxyl groups is 1. The standard InChI is InChI=1S/C12H16O3/c1-2-10(13)6-3-4-7-11-8-5-9-12(14)15-11/h3-7,9-11,13H,2,8H2,1H3/b6-3+,7-4+. The van der Waals surface area contributed by atoms with E-state index in [0.29, 0.717) is 12.8 Å². The molecule has 0 radical (unpaired) electrons. The van der Waals surface area contributed by atoms with Gasteiger partial charge in [0.05, 0.1) is 6.10 Å². The molecule has 0 aromatic carbocycles. The molecule has 3 nitrogen and oxygen atoms in total. The molecule has 2 unspecified atom stereocenters. The minimum atomic E-state index is -0.400. The van der Waals surface area contributed by atoms with Gasteiger partial charge in [0.15, 0.2) is 0 Å². The molecular weight excluding hydrogens is 192 g/mol. The van der Waals surface area contributed by atoms with Gasteiger partial charge in [0, 0.05) is 12.5 Å². The molecule has 0 saturated carbocycles. The van der Waals surface area contributed by atoms with Gasteiger partial charge in [-0.2, -0.15) is 0 Å². The number of carbonyl (C=O) groups is 1. The van der Waals surface area contributed by atoms with Crippen LogP contribution in [0.5, 0.6) is 0 Å². The number of allylic oxidation sites excluding steroid dienone is 2. The first-order valence-electron chi connectivity index (χ1n) is 5.12. The Labute approximate surface area is 89.7 Å². The van der Waals surface area contributed by atoms with E-state index < -0.39 is 6.10 Å². The summed E-state index contributed by atoms with van der Waals surface area (Å²) in [6.07, 6.45) is 11.1. The molecule has 3 heteroatoms. The monoisotopic (exact) mass is 208 g/mol. The first-order valence-corrected chi connectivity index (χ1v) is 5.12. The van der Waals surface area contributed by atoms with Crippen LogP contribution in [-0.4, -0.2) is 23.3 Å². The molecular formula is C12H16O3. The van der Waals surface area contributed by atoms with E-state index in [1.807, 2.05) is 6.92 Å². The van der Waals surface area contributed by atoms with E-state index in [0.717, 1.165) is 0 Å². The molecule has 0 saturated heterocycles. The number of ether oxygens (including phenoxy) is 1. The van der Waals surface area contributed by atoms with Crippen molar-refractivity contribution in [1.82, 2.24) is 0 Å². The number of aliphatic hydroxyl groups excluding tert-OH is 1. The van der Waals surface area contributed by atoms with E-state index in [1.54, 1.807) is 30.4 Å². The van der Waals surface area contributed by atoms with Gasteiger partial charge in [-0.05, 0) is 12.5 Å².